The Labute approximate surface area is 239 Å². The fourth-order valence-electron chi connectivity index (χ4n) is 6.65. The minimum atomic E-state index is -0.495. The number of aliphatic hydroxyl groups is 1. The van der Waals surface area contributed by atoms with Crippen molar-refractivity contribution in [1.82, 2.24) is 0 Å². The normalized spacial score (nSPS) is 12.7. The Hall–Kier alpha value is -4.92. The molecule has 0 saturated carbocycles. The van der Waals surface area contributed by atoms with Gasteiger partial charge in [0.1, 0.15) is 11.5 Å². The predicted octanol–water partition coefficient (Wildman–Crippen LogP) is 5.41. The van der Waals surface area contributed by atoms with E-state index in [1.54, 1.807) is 6.92 Å². The van der Waals surface area contributed by atoms with Crippen LogP contribution in [0.2, 0.25) is 0 Å². The van der Waals surface area contributed by atoms with E-state index in [0.717, 1.165) is 12.8 Å². The van der Waals surface area contributed by atoms with E-state index in [2.05, 4.69) is 12.2 Å². The molecule has 0 aliphatic heterocycles. The number of aryl methyl sites for hydroxylation is 1. The van der Waals surface area contributed by atoms with E-state index in [4.69, 9.17) is 14.2 Å². The maximum Gasteiger partial charge on any atom is 0.194 e. The Balaban J connectivity index is 2.20. The number of phenolic OH excluding ortho intramolecular Hbond substituents is 2. The molecule has 6 aromatic rings. The zero-order chi connectivity index (χ0) is 30.2. The van der Waals surface area contributed by atoms with Gasteiger partial charge in [-0.05, 0) is 31.9 Å². The Morgan fingerprint density at radius 1 is 0.762 bits per heavy atom. The number of aromatic hydroxyl groups is 2. The number of unbranched alkanes of at least 4 members (excludes halogenated alkanes) is 1. The Bertz CT molecular complexity index is 2250. The summed E-state index contributed by atoms with van der Waals surface area (Å²) in [6.45, 7) is 5.92. The standard InChI is InChI=1S/C33H31NO8/c1-7-8-9-34-30-15-10-13(2)20(14(3)35)29-27-21(15)26-22(31(30)38)16(36)11-18(40-4)24(26)25-19(41-5)12-17(37)23(28(25)27)32(39)33(29)42-6/h10-12,34-35,38-39H,7-9H2,1-6H3/b20-14-. The van der Waals surface area contributed by atoms with Gasteiger partial charge in [0.05, 0.1) is 43.5 Å². The third kappa shape index (κ3) is 3.36. The maximum absolute atomic E-state index is 13.7. The lowest BCUT2D eigenvalue weighted by Gasteiger charge is -2.22. The van der Waals surface area contributed by atoms with E-state index in [1.807, 2.05) is 6.07 Å². The number of methoxy groups -OCH3 is 3. The molecule has 6 aromatic carbocycles. The largest absolute Gasteiger partial charge is 0.512 e. The third-order valence-electron chi connectivity index (χ3n) is 8.29. The Morgan fingerprint density at radius 3 is 1.83 bits per heavy atom. The number of phenols is 2. The van der Waals surface area contributed by atoms with Gasteiger partial charge in [-0.3, -0.25) is 9.59 Å². The van der Waals surface area contributed by atoms with E-state index >= 15 is 0 Å². The number of fused-ring (bicyclic) bond motifs is 1. The van der Waals surface area contributed by atoms with Crippen molar-refractivity contribution in [3.05, 3.63) is 49.4 Å². The lowest BCUT2D eigenvalue weighted by Crippen LogP contribution is -2.12. The summed E-state index contributed by atoms with van der Waals surface area (Å²) in [5, 5.41) is 41.8. The second kappa shape index (κ2) is 9.58. The monoisotopic (exact) mass is 569 g/mol. The summed E-state index contributed by atoms with van der Waals surface area (Å²) in [7, 11) is 4.25. The van der Waals surface area contributed by atoms with Gasteiger partial charge >= 0.3 is 0 Å². The summed E-state index contributed by atoms with van der Waals surface area (Å²) >= 11 is 0. The maximum atomic E-state index is 13.7. The number of anilines is 1. The fraction of sp³-hybridized carbons (Fsp3) is 0.273. The minimum absolute atomic E-state index is 0.00228. The first-order chi connectivity index (χ1) is 20.1. The van der Waals surface area contributed by atoms with Crippen LogP contribution in [0.5, 0.6) is 28.7 Å². The van der Waals surface area contributed by atoms with Gasteiger partial charge in [-0.25, -0.2) is 0 Å². The van der Waals surface area contributed by atoms with Crippen molar-refractivity contribution >= 4 is 65.3 Å². The van der Waals surface area contributed by atoms with Crippen LogP contribution < -0.4 is 35.6 Å². The van der Waals surface area contributed by atoms with Gasteiger partial charge in [-0.2, -0.15) is 0 Å². The molecule has 9 heteroatoms. The molecule has 0 amide bonds. The van der Waals surface area contributed by atoms with Gasteiger partial charge < -0.3 is 34.8 Å². The van der Waals surface area contributed by atoms with E-state index in [1.165, 1.54) is 40.4 Å². The van der Waals surface area contributed by atoms with Crippen molar-refractivity contribution in [3.8, 4) is 28.7 Å². The molecule has 0 aliphatic rings. The molecule has 0 bridgehead atoms. The highest BCUT2D eigenvalue weighted by atomic mass is 16.5. The zero-order valence-corrected chi connectivity index (χ0v) is 24.2. The summed E-state index contributed by atoms with van der Waals surface area (Å²) in [6, 6.07) is 4.42. The summed E-state index contributed by atoms with van der Waals surface area (Å²) in [6.07, 6.45) is 1.72. The molecule has 0 heterocycles. The molecule has 0 atom stereocenters. The van der Waals surface area contributed by atoms with E-state index in [-0.39, 0.29) is 45.3 Å². The second-order valence-corrected chi connectivity index (χ2v) is 10.6. The smallest absolute Gasteiger partial charge is 0.194 e. The van der Waals surface area contributed by atoms with Crippen molar-refractivity contribution in [3.63, 3.8) is 0 Å². The number of hydrogen-bond donors (Lipinski definition) is 4. The first kappa shape index (κ1) is 27.3. The Kier molecular flexibility index (Phi) is 6.22. The molecule has 6 rings (SSSR count). The van der Waals surface area contributed by atoms with E-state index in [0.29, 0.717) is 66.1 Å². The molecule has 0 fully saturated rings. The molecule has 0 spiro atoms. The number of hydrogen-bond acceptors (Lipinski definition) is 9. The van der Waals surface area contributed by atoms with Crippen molar-refractivity contribution in [2.45, 2.75) is 33.6 Å². The molecule has 4 N–H and O–H groups in total. The van der Waals surface area contributed by atoms with Gasteiger partial charge in [0.25, 0.3) is 0 Å². The first-order valence-corrected chi connectivity index (χ1v) is 13.7. The number of aliphatic hydroxyl groups excluding tert-OH is 1. The topological polar surface area (TPSA) is 135 Å². The first-order valence-electron chi connectivity index (χ1n) is 13.7. The molecule has 0 aliphatic carbocycles. The highest BCUT2D eigenvalue weighted by Gasteiger charge is 2.31. The number of ether oxygens (including phenoxy) is 3. The average Bonchev–Trinajstić information content (AvgIpc) is 3.08. The summed E-state index contributed by atoms with van der Waals surface area (Å²) in [5.74, 6) is -0.203. The minimum Gasteiger partial charge on any atom is -0.512 e. The van der Waals surface area contributed by atoms with Crippen molar-refractivity contribution in [2.24, 2.45) is 0 Å². The van der Waals surface area contributed by atoms with Crippen LogP contribution in [0.1, 0.15) is 32.3 Å². The third-order valence-corrected chi connectivity index (χ3v) is 8.29. The van der Waals surface area contributed by atoms with Crippen molar-refractivity contribution in [2.75, 3.05) is 33.2 Å². The second-order valence-electron chi connectivity index (χ2n) is 10.6. The van der Waals surface area contributed by atoms with Crippen LogP contribution in [0, 0.1) is 6.92 Å². The number of nitrogens with one attached hydrogen (secondary N) is 1. The lowest BCUT2D eigenvalue weighted by molar-refractivity contribution is 0.380. The molecule has 0 radical (unpaired) electrons. The molecule has 9 nitrogen and oxygen atoms in total. The van der Waals surface area contributed by atoms with Crippen LogP contribution in [0.3, 0.4) is 0 Å². The molecule has 0 aromatic heterocycles. The van der Waals surface area contributed by atoms with Crippen LogP contribution in [0.4, 0.5) is 5.69 Å². The number of rotatable bonds is 7. The molecule has 42 heavy (non-hydrogen) atoms. The van der Waals surface area contributed by atoms with Crippen LogP contribution in [-0.2, 0) is 0 Å². The lowest BCUT2D eigenvalue weighted by atomic mass is 9.85. The molecule has 0 saturated heterocycles. The molecule has 216 valence electrons. The SMILES string of the molecule is CCCCNc1c(O)c2c(=O)cc(OC)c3c4c(OC)cc(=O)c5c(O)c(OC)c6/c(=C(/C)O)c(C)cc1c(c23)c6c54. The van der Waals surface area contributed by atoms with Crippen molar-refractivity contribution < 1.29 is 29.5 Å². The zero-order valence-electron chi connectivity index (χ0n) is 24.2. The fourth-order valence-corrected chi connectivity index (χ4v) is 6.65. The summed E-state index contributed by atoms with van der Waals surface area (Å²) in [4.78, 5) is 27.3. The van der Waals surface area contributed by atoms with Gasteiger partial charge in [0.15, 0.2) is 28.1 Å². The van der Waals surface area contributed by atoms with Gasteiger partial charge in [-0.1, -0.05) is 13.3 Å². The van der Waals surface area contributed by atoms with Gasteiger partial charge in [0, 0.05) is 67.0 Å². The van der Waals surface area contributed by atoms with Crippen LogP contribution >= 0.6 is 0 Å². The predicted molar refractivity (Wildman–Crippen MR) is 167 cm³/mol. The average molecular weight is 570 g/mol. The molecular weight excluding hydrogens is 538 g/mol. The molecular formula is C33H31NO8. The quantitative estimate of drug-likeness (QED) is 0.0861. The highest BCUT2D eigenvalue weighted by Crippen LogP contribution is 2.55. The van der Waals surface area contributed by atoms with Gasteiger partial charge in [-0.15, -0.1) is 0 Å². The van der Waals surface area contributed by atoms with Crippen LogP contribution in [0.25, 0.3) is 59.6 Å². The summed E-state index contributed by atoms with van der Waals surface area (Å²) < 4.78 is 17.2. The summed E-state index contributed by atoms with van der Waals surface area (Å²) in [5.41, 5.74) is 0.0278. The Morgan fingerprint density at radius 2 is 1.31 bits per heavy atom. The van der Waals surface area contributed by atoms with Crippen LogP contribution in [-0.4, -0.2) is 43.2 Å². The van der Waals surface area contributed by atoms with Crippen LogP contribution in [0.15, 0.2) is 27.8 Å². The van der Waals surface area contributed by atoms with Crippen molar-refractivity contribution in [1.29, 1.82) is 0 Å². The molecule has 0 unspecified atom stereocenters. The number of benzene rings is 5. The van der Waals surface area contributed by atoms with Gasteiger partial charge in [0.2, 0.25) is 0 Å². The highest BCUT2D eigenvalue weighted by molar-refractivity contribution is 6.44. The van der Waals surface area contributed by atoms with E-state index < -0.39 is 10.9 Å². The van der Waals surface area contributed by atoms with E-state index in [9.17, 15) is 24.9 Å².